The highest BCUT2D eigenvalue weighted by Gasteiger charge is 2.22. The van der Waals surface area contributed by atoms with Gasteiger partial charge in [-0.2, -0.15) is 0 Å². The van der Waals surface area contributed by atoms with Crippen LogP contribution in [0.15, 0.2) is 5.16 Å². The molecule has 0 radical (unpaired) electrons. The summed E-state index contributed by atoms with van der Waals surface area (Å²) < 4.78 is 25.3. The molecule has 14 heteroatoms. The lowest BCUT2D eigenvalue weighted by molar-refractivity contribution is -0.121. The molecule has 0 saturated heterocycles. The minimum Gasteiger partial charge on any atom is -0.343 e. The predicted molar refractivity (Wildman–Crippen MR) is 98.3 cm³/mol. The molecule has 0 saturated carbocycles. The Labute approximate surface area is 153 Å². The minimum atomic E-state index is -2.60. The molecule has 1 unspecified atom stereocenters. The lowest BCUT2D eigenvalue weighted by atomic mass is 10.6. The van der Waals surface area contributed by atoms with Crippen molar-refractivity contribution in [1.29, 1.82) is 0 Å². The lowest BCUT2D eigenvalue weighted by Gasteiger charge is -2.20. The van der Waals surface area contributed by atoms with Gasteiger partial charge in [-0.15, -0.1) is 11.8 Å². The Morgan fingerprint density at radius 3 is 2.25 bits per heavy atom. The van der Waals surface area contributed by atoms with Crippen LogP contribution in [0, 0.1) is 0 Å². The van der Waals surface area contributed by atoms with Crippen LogP contribution in [0.4, 0.5) is 4.79 Å². The van der Waals surface area contributed by atoms with Gasteiger partial charge in [0.2, 0.25) is 22.7 Å². The minimum absolute atomic E-state index is 0.0159. The van der Waals surface area contributed by atoms with Crippen LogP contribution in [-0.2, 0) is 41.7 Å². The quantitative estimate of drug-likeness (QED) is 0.209. The Kier molecular flexibility index (Phi) is 10.9. The van der Waals surface area contributed by atoms with Crippen LogP contribution in [0.5, 0.6) is 0 Å². The highest BCUT2D eigenvalue weighted by molar-refractivity contribution is 8.15. The van der Waals surface area contributed by atoms with E-state index in [0.717, 1.165) is 16.1 Å². The maximum Gasteiger partial charge on any atom is 0.448 e. The van der Waals surface area contributed by atoms with Crippen molar-refractivity contribution >= 4 is 58.3 Å². The summed E-state index contributed by atoms with van der Waals surface area (Å²) in [6.07, 6.45) is 0.583. The molecule has 0 fully saturated rings. The molecule has 0 aliphatic heterocycles. The number of carbonyl (C=O) groups is 2. The molecule has 1 N–H and O–H groups in total. The number of hydrogen-bond acceptors (Lipinski definition) is 9. The molecule has 10 nitrogen and oxygen atoms in total. The zero-order valence-electron chi connectivity index (χ0n) is 14.2. The normalized spacial score (nSPS) is 13.3. The summed E-state index contributed by atoms with van der Waals surface area (Å²) in [6, 6.07) is 0. The maximum atomic E-state index is 12.0. The standard InChI is InChI=1S/C10H21N4O6PS3/c1-13(2)9(15)8(23-6)12-20-10(16)14(3)24(17)11-7-21(22,18-4)19-5/h11H,7H2,1-6H3/b12-8-. The van der Waals surface area contributed by atoms with Gasteiger partial charge in [0.05, 0.1) is 6.29 Å². The maximum absolute atomic E-state index is 12.0. The average Bonchev–Trinajstić information content (AvgIpc) is 2.58. The topological polar surface area (TPSA) is 110 Å². The van der Waals surface area contributed by atoms with Crippen molar-refractivity contribution in [2.45, 2.75) is 0 Å². The third-order valence-corrected chi connectivity index (χ3v) is 7.26. The Morgan fingerprint density at radius 2 is 1.83 bits per heavy atom. The summed E-state index contributed by atoms with van der Waals surface area (Å²) in [5, 5.41) is 3.46. The van der Waals surface area contributed by atoms with Crippen LogP contribution in [0.3, 0.4) is 0 Å². The molecule has 0 rings (SSSR count). The monoisotopic (exact) mass is 420 g/mol. The third kappa shape index (κ3) is 7.55. The van der Waals surface area contributed by atoms with E-state index in [1.165, 1.54) is 40.3 Å². The molecule has 0 spiro atoms. The zero-order chi connectivity index (χ0) is 18.9. The van der Waals surface area contributed by atoms with E-state index >= 15 is 0 Å². The SMILES string of the molecule is COP(=S)(CNS(=O)N(C)C(=O)O/N=C(\SC)C(=O)N(C)C)OC. The second kappa shape index (κ2) is 11.1. The van der Waals surface area contributed by atoms with Crippen molar-refractivity contribution in [1.82, 2.24) is 13.9 Å². The highest BCUT2D eigenvalue weighted by Crippen LogP contribution is 2.45. The zero-order valence-corrected chi connectivity index (χ0v) is 17.5. The van der Waals surface area contributed by atoms with Crippen LogP contribution in [0.25, 0.3) is 0 Å². The molecule has 0 aliphatic rings. The average molecular weight is 420 g/mol. The van der Waals surface area contributed by atoms with Crippen LogP contribution in [0.2, 0.25) is 0 Å². The molecular formula is C10H21N4O6PS3. The van der Waals surface area contributed by atoms with E-state index in [-0.39, 0.29) is 11.3 Å². The summed E-state index contributed by atoms with van der Waals surface area (Å²) in [4.78, 5) is 29.5. The van der Waals surface area contributed by atoms with E-state index < -0.39 is 29.7 Å². The second-order valence-electron chi connectivity index (χ2n) is 4.18. The van der Waals surface area contributed by atoms with E-state index in [1.807, 2.05) is 0 Å². The molecule has 0 heterocycles. The van der Waals surface area contributed by atoms with Crippen molar-refractivity contribution < 1.29 is 27.7 Å². The summed E-state index contributed by atoms with van der Waals surface area (Å²) in [5.74, 6) is -0.418. The third-order valence-electron chi connectivity index (χ3n) is 2.43. The summed E-state index contributed by atoms with van der Waals surface area (Å²) in [7, 11) is 7.07. The Hall–Kier alpha value is -0.560. The van der Waals surface area contributed by atoms with Gasteiger partial charge in [-0.1, -0.05) is 5.16 Å². The van der Waals surface area contributed by atoms with Gasteiger partial charge in [-0.25, -0.2) is 18.0 Å². The van der Waals surface area contributed by atoms with Gasteiger partial charge in [-0.3, -0.25) is 9.63 Å². The fourth-order valence-electron chi connectivity index (χ4n) is 0.995. The van der Waals surface area contributed by atoms with Crippen molar-refractivity contribution in [3.63, 3.8) is 0 Å². The first-order chi connectivity index (χ1) is 11.1. The highest BCUT2D eigenvalue weighted by atomic mass is 32.5. The molecule has 2 amide bonds. The number of thioether (sulfide) groups is 1. The van der Waals surface area contributed by atoms with E-state index in [9.17, 15) is 13.8 Å². The van der Waals surface area contributed by atoms with Crippen LogP contribution >= 0.6 is 18.3 Å². The van der Waals surface area contributed by atoms with Gasteiger partial charge in [0.15, 0.2) is 0 Å². The molecule has 0 bridgehead atoms. The number of amides is 2. The fraction of sp³-hybridized carbons (Fsp3) is 0.700. The molecule has 0 aromatic carbocycles. The number of nitrogens with one attached hydrogen (secondary N) is 1. The van der Waals surface area contributed by atoms with Crippen LogP contribution in [-0.4, -0.2) is 78.4 Å². The lowest BCUT2D eigenvalue weighted by Crippen LogP contribution is -2.37. The van der Waals surface area contributed by atoms with Gasteiger partial charge in [0.25, 0.3) is 5.91 Å². The fourth-order valence-corrected chi connectivity index (χ4v) is 3.78. The Balaban J connectivity index is 4.73. The van der Waals surface area contributed by atoms with E-state index in [1.54, 1.807) is 6.26 Å². The van der Waals surface area contributed by atoms with Crippen molar-refractivity contribution in [3.8, 4) is 0 Å². The van der Waals surface area contributed by atoms with E-state index in [2.05, 4.69) is 14.7 Å². The molecule has 0 aromatic rings. The Bertz CT molecular complexity index is 551. The molecular weight excluding hydrogens is 399 g/mol. The van der Waals surface area contributed by atoms with Gasteiger partial charge in [-0.05, 0) is 18.1 Å². The van der Waals surface area contributed by atoms with Crippen molar-refractivity contribution in [2.75, 3.05) is 47.9 Å². The summed E-state index contributed by atoms with van der Waals surface area (Å²) >= 11 is 4.17. The van der Waals surface area contributed by atoms with Crippen LogP contribution < -0.4 is 4.72 Å². The second-order valence-corrected chi connectivity index (χ2v) is 10.2. The van der Waals surface area contributed by atoms with Gasteiger partial charge >= 0.3 is 6.09 Å². The van der Waals surface area contributed by atoms with Crippen LogP contribution in [0.1, 0.15) is 0 Å². The number of rotatable bonds is 7. The molecule has 24 heavy (non-hydrogen) atoms. The summed E-state index contributed by atoms with van der Waals surface area (Å²) in [5.41, 5.74) is 0. The van der Waals surface area contributed by atoms with Gasteiger partial charge in [0, 0.05) is 35.4 Å². The molecule has 1 atom stereocenters. The predicted octanol–water partition coefficient (Wildman–Crippen LogP) is 0.548. The molecule has 0 aromatic heterocycles. The first-order valence-electron chi connectivity index (χ1n) is 6.26. The molecule has 140 valence electrons. The number of nitrogens with zero attached hydrogens (tertiary/aromatic N) is 3. The molecule has 0 aliphatic carbocycles. The smallest absolute Gasteiger partial charge is 0.343 e. The number of hydrogen-bond donors (Lipinski definition) is 1. The number of carbonyl (C=O) groups excluding carboxylic acids is 2. The first kappa shape index (κ1) is 23.4. The van der Waals surface area contributed by atoms with Crippen molar-refractivity contribution in [2.24, 2.45) is 5.16 Å². The van der Waals surface area contributed by atoms with Gasteiger partial charge in [0.1, 0.15) is 0 Å². The van der Waals surface area contributed by atoms with E-state index in [0.29, 0.717) is 0 Å². The van der Waals surface area contributed by atoms with E-state index in [4.69, 9.17) is 20.9 Å². The summed E-state index contributed by atoms with van der Waals surface area (Å²) in [6.45, 7) is -2.60. The Morgan fingerprint density at radius 1 is 1.29 bits per heavy atom. The largest absolute Gasteiger partial charge is 0.448 e. The van der Waals surface area contributed by atoms with Crippen molar-refractivity contribution in [3.05, 3.63) is 0 Å². The van der Waals surface area contributed by atoms with Gasteiger partial charge < -0.3 is 13.9 Å². The first-order valence-corrected chi connectivity index (χ1v) is 11.4. The number of oxime groups is 1.